The van der Waals surface area contributed by atoms with Gasteiger partial charge in [0.1, 0.15) is 0 Å². The van der Waals surface area contributed by atoms with Gasteiger partial charge in [0.05, 0.1) is 29.4 Å². The largest absolute Gasteiger partial charge is 0.502 e. The molecule has 0 heterocycles. The van der Waals surface area contributed by atoms with Gasteiger partial charge in [-0.15, -0.1) is 0 Å². The van der Waals surface area contributed by atoms with Gasteiger partial charge in [-0.3, -0.25) is 4.21 Å². The molecule has 0 aliphatic heterocycles. The Morgan fingerprint density at radius 3 is 2.17 bits per heavy atom. The summed E-state index contributed by atoms with van der Waals surface area (Å²) in [6.07, 6.45) is -5.28. The summed E-state index contributed by atoms with van der Waals surface area (Å²) in [5.41, 5.74) is -2.92. The summed E-state index contributed by atoms with van der Waals surface area (Å²) >= 11 is 0. The highest BCUT2D eigenvalue weighted by Crippen LogP contribution is 2.45. The zero-order valence-electron chi connectivity index (χ0n) is 12.9. The molecule has 0 fully saturated rings. The van der Waals surface area contributed by atoms with E-state index in [1.54, 1.807) is 6.92 Å². The highest BCUT2D eigenvalue weighted by Gasteiger charge is 2.69. The lowest BCUT2D eigenvalue weighted by Crippen LogP contribution is -2.58. The van der Waals surface area contributed by atoms with Gasteiger partial charge in [0, 0.05) is 4.90 Å². The number of alkyl halides is 5. The number of benzene rings is 1. The van der Waals surface area contributed by atoms with E-state index in [9.17, 15) is 31.3 Å². The second kappa shape index (κ2) is 7.60. The molecule has 0 aromatic heterocycles. The zero-order valence-corrected chi connectivity index (χ0v) is 13.8. The molecule has 0 saturated carbocycles. The van der Waals surface area contributed by atoms with Crippen LogP contribution in [0.2, 0.25) is 0 Å². The third kappa shape index (κ3) is 4.54. The van der Waals surface area contributed by atoms with Crippen LogP contribution in [0.15, 0.2) is 41.5 Å². The maximum Gasteiger partial charge on any atom is 0.456 e. The molecule has 24 heavy (non-hydrogen) atoms. The Hall–Kier alpha value is -1.48. The fraction of sp³-hybridized carbons (Fsp3) is 0.467. The molecule has 0 radical (unpaired) electrons. The molecule has 1 N–H and O–H groups in total. The SMILES string of the molecule is CCO/C=C/[C@@](O)(C[S@@](=O)c1ccc(C)cc1)C(F)(F)C(F)(F)F. The van der Waals surface area contributed by atoms with Crippen molar-refractivity contribution < 1.29 is 36.0 Å². The summed E-state index contributed by atoms with van der Waals surface area (Å²) in [6, 6.07) is 5.74. The quantitative estimate of drug-likeness (QED) is 0.588. The Bertz CT molecular complexity index is 598. The van der Waals surface area contributed by atoms with Crippen molar-refractivity contribution in [1.82, 2.24) is 0 Å². The minimum atomic E-state index is -6.02. The first kappa shape index (κ1) is 20.6. The molecule has 0 spiro atoms. The molecule has 1 aromatic carbocycles. The van der Waals surface area contributed by atoms with Crippen molar-refractivity contribution in [2.24, 2.45) is 0 Å². The number of aliphatic hydroxyl groups is 1. The van der Waals surface area contributed by atoms with Gasteiger partial charge in [-0.1, -0.05) is 17.7 Å². The summed E-state index contributed by atoms with van der Waals surface area (Å²) in [7, 11) is -2.28. The fourth-order valence-electron chi connectivity index (χ4n) is 1.72. The summed E-state index contributed by atoms with van der Waals surface area (Å²) in [4.78, 5) is 0.0295. The lowest BCUT2D eigenvalue weighted by molar-refractivity contribution is -0.326. The second-order valence-corrected chi connectivity index (χ2v) is 6.51. The third-order valence-electron chi connectivity index (χ3n) is 3.14. The first-order valence-corrected chi connectivity index (χ1v) is 8.18. The second-order valence-electron chi connectivity index (χ2n) is 5.06. The van der Waals surface area contributed by atoms with Crippen LogP contribution in [-0.2, 0) is 15.5 Å². The Morgan fingerprint density at radius 1 is 1.17 bits per heavy atom. The van der Waals surface area contributed by atoms with Crippen molar-refractivity contribution in [3.8, 4) is 0 Å². The number of aryl methyl sites for hydroxylation is 1. The van der Waals surface area contributed by atoms with Crippen molar-refractivity contribution in [2.75, 3.05) is 12.4 Å². The van der Waals surface area contributed by atoms with Gasteiger partial charge in [0.25, 0.3) is 0 Å². The monoisotopic (exact) mass is 372 g/mol. The third-order valence-corrected chi connectivity index (χ3v) is 4.64. The predicted octanol–water partition coefficient (Wildman–Crippen LogP) is 3.58. The molecular formula is C15H17F5O3S. The molecule has 0 aliphatic carbocycles. The van der Waals surface area contributed by atoms with Crippen molar-refractivity contribution in [1.29, 1.82) is 0 Å². The number of halogens is 5. The lowest BCUT2D eigenvalue weighted by Gasteiger charge is -2.34. The van der Waals surface area contributed by atoms with Crippen LogP contribution in [0, 0.1) is 6.92 Å². The van der Waals surface area contributed by atoms with E-state index in [1.807, 2.05) is 0 Å². The number of hydrogen-bond acceptors (Lipinski definition) is 3. The summed E-state index contributed by atoms with van der Waals surface area (Å²) in [5, 5.41) is 9.96. The molecule has 0 unspecified atom stereocenters. The Morgan fingerprint density at radius 2 is 1.71 bits per heavy atom. The van der Waals surface area contributed by atoms with Gasteiger partial charge in [-0.05, 0) is 32.1 Å². The molecule has 0 bridgehead atoms. The van der Waals surface area contributed by atoms with Gasteiger partial charge in [-0.25, -0.2) is 0 Å². The minimum absolute atomic E-state index is 0.00518. The van der Waals surface area contributed by atoms with Crippen LogP contribution in [-0.4, -0.2) is 39.4 Å². The molecule has 136 valence electrons. The highest BCUT2D eigenvalue weighted by atomic mass is 32.2. The van der Waals surface area contributed by atoms with E-state index < -0.39 is 34.3 Å². The fourth-order valence-corrected chi connectivity index (χ4v) is 3.00. The van der Waals surface area contributed by atoms with Crippen LogP contribution in [0.4, 0.5) is 22.0 Å². The van der Waals surface area contributed by atoms with E-state index in [4.69, 9.17) is 0 Å². The van der Waals surface area contributed by atoms with Gasteiger partial charge in [0.15, 0.2) is 5.60 Å². The molecular weight excluding hydrogens is 355 g/mol. The summed E-state index contributed by atoms with van der Waals surface area (Å²) < 4.78 is 82.2. The standard InChI is InChI=1S/C15H17F5O3S/c1-3-23-9-8-13(21,14(16,17)15(18,19)20)10-24(22)12-6-4-11(2)5-7-12/h4-9,21H,3,10H2,1-2H3/b9-8+/t13-,24-/m1/s1. The number of hydrogen-bond donors (Lipinski definition) is 1. The molecule has 9 heteroatoms. The molecule has 3 nitrogen and oxygen atoms in total. The van der Waals surface area contributed by atoms with Crippen LogP contribution >= 0.6 is 0 Å². The zero-order chi connectivity index (χ0) is 18.6. The normalized spacial score (nSPS) is 16.8. The van der Waals surface area contributed by atoms with Crippen molar-refractivity contribution >= 4 is 10.8 Å². The van der Waals surface area contributed by atoms with Crippen LogP contribution < -0.4 is 0 Å². The van der Waals surface area contributed by atoms with Crippen molar-refractivity contribution in [3.05, 3.63) is 42.2 Å². The number of ether oxygens (including phenoxy) is 1. The van der Waals surface area contributed by atoms with Gasteiger partial charge >= 0.3 is 12.1 Å². The molecule has 0 amide bonds. The topological polar surface area (TPSA) is 46.5 Å². The van der Waals surface area contributed by atoms with Crippen molar-refractivity contribution in [3.63, 3.8) is 0 Å². The van der Waals surface area contributed by atoms with E-state index in [1.165, 1.54) is 31.2 Å². The summed E-state index contributed by atoms with van der Waals surface area (Å²) in [6.45, 7) is 3.21. The van der Waals surface area contributed by atoms with E-state index in [-0.39, 0.29) is 17.6 Å². The van der Waals surface area contributed by atoms with Crippen LogP contribution in [0.25, 0.3) is 0 Å². The highest BCUT2D eigenvalue weighted by molar-refractivity contribution is 7.85. The first-order chi connectivity index (χ1) is 10.9. The van der Waals surface area contributed by atoms with Gasteiger partial charge < -0.3 is 9.84 Å². The molecule has 0 aliphatic rings. The van der Waals surface area contributed by atoms with E-state index >= 15 is 0 Å². The Labute approximate surface area is 138 Å². The smallest absolute Gasteiger partial charge is 0.456 e. The predicted molar refractivity (Wildman–Crippen MR) is 79.2 cm³/mol. The Balaban J connectivity index is 3.18. The maximum absolute atomic E-state index is 13.7. The Kier molecular flexibility index (Phi) is 6.52. The van der Waals surface area contributed by atoms with Gasteiger partial charge in [0.2, 0.25) is 0 Å². The van der Waals surface area contributed by atoms with E-state index in [0.29, 0.717) is 6.26 Å². The average molecular weight is 372 g/mol. The minimum Gasteiger partial charge on any atom is -0.502 e. The van der Waals surface area contributed by atoms with Crippen LogP contribution in [0.5, 0.6) is 0 Å². The van der Waals surface area contributed by atoms with Crippen molar-refractivity contribution in [2.45, 2.75) is 36.4 Å². The molecule has 1 aromatic rings. The molecule has 1 rings (SSSR count). The van der Waals surface area contributed by atoms with E-state index in [2.05, 4.69) is 4.74 Å². The number of rotatable bonds is 7. The van der Waals surface area contributed by atoms with Crippen LogP contribution in [0.1, 0.15) is 12.5 Å². The van der Waals surface area contributed by atoms with Crippen LogP contribution in [0.3, 0.4) is 0 Å². The van der Waals surface area contributed by atoms with Gasteiger partial charge in [-0.2, -0.15) is 22.0 Å². The average Bonchev–Trinajstić information content (AvgIpc) is 2.46. The van der Waals surface area contributed by atoms with E-state index in [0.717, 1.165) is 5.56 Å². The molecule has 0 saturated heterocycles. The summed E-state index contributed by atoms with van der Waals surface area (Å²) in [5.74, 6) is -6.85. The molecule has 2 atom stereocenters. The maximum atomic E-state index is 13.7. The lowest BCUT2D eigenvalue weighted by atomic mass is 9.97. The first-order valence-electron chi connectivity index (χ1n) is 6.86.